The second-order valence-electron chi connectivity index (χ2n) is 0.357. The Bertz CT molecular complexity index is 79.8. The van der Waals surface area contributed by atoms with Crippen molar-refractivity contribution < 1.29 is 0 Å². The maximum atomic E-state index is 4.46. The molecule has 5 heavy (non-hydrogen) atoms. The third-order valence-electron chi connectivity index (χ3n) is 0.0786. The van der Waals surface area contributed by atoms with Crippen LogP contribution in [0.5, 0.6) is 0 Å². The fourth-order valence-corrected chi connectivity index (χ4v) is 0. The summed E-state index contributed by atoms with van der Waals surface area (Å²) >= 11 is 13.3. The molecule has 4 heteroatoms. The van der Waals surface area contributed by atoms with E-state index in [2.05, 4.69) is 34.6 Å². The van der Waals surface area contributed by atoms with Gasteiger partial charge in [0.05, 0.1) is 0 Å². The zero-order valence-corrected chi connectivity index (χ0v) is 5.48. The summed E-state index contributed by atoms with van der Waals surface area (Å²) < 4.78 is 1.41. The monoisotopic (exact) mass is 141 g/mol. The summed E-state index contributed by atoms with van der Waals surface area (Å²) in [5, 5.41) is 0. The van der Waals surface area contributed by atoms with E-state index in [1.807, 2.05) is 0 Å². The van der Waals surface area contributed by atoms with Gasteiger partial charge in [-0.2, -0.15) is 0 Å². The molecule has 0 unspecified atom stereocenters. The molecule has 0 nitrogen and oxygen atoms in total. The Labute approximate surface area is 47.4 Å². The molecule has 0 bridgehead atoms. The predicted molar refractivity (Wildman–Crippen MR) is 35.8 cm³/mol. The van der Waals surface area contributed by atoms with Crippen LogP contribution in [0.15, 0.2) is 0 Å². The van der Waals surface area contributed by atoms with Crippen LogP contribution in [0.4, 0.5) is 0 Å². The highest BCUT2D eigenvalue weighted by molar-refractivity contribution is 8.55. The van der Waals surface area contributed by atoms with Crippen molar-refractivity contribution in [2.24, 2.45) is 0 Å². The number of hydrogen-bond donors (Lipinski definition) is 0. The van der Waals surface area contributed by atoms with E-state index in [0.717, 1.165) is 0 Å². The fraction of sp³-hybridized carbons (Fsp3) is 0. The Morgan fingerprint density at radius 1 is 1.40 bits per heavy atom. The normalized spacial score (nSPS) is 8.20. The van der Waals surface area contributed by atoms with Crippen molar-refractivity contribution in [3.8, 4) is 0 Å². The molecule has 0 saturated heterocycles. The van der Waals surface area contributed by atoms with Gasteiger partial charge in [-0.05, 0) is 0 Å². The van der Waals surface area contributed by atoms with E-state index in [0.29, 0.717) is 0 Å². The highest BCUT2D eigenvalue weighted by Crippen LogP contribution is 1.50. The lowest BCUT2D eigenvalue weighted by Gasteiger charge is -1.74. The van der Waals surface area contributed by atoms with Crippen molar-refractivity contribution in [3.63, 3.8) is 0 Å². The van der Waals surface area contributed by atoms with Gasteiger partial charge in [-0.15, -0.1) is 16.9 Å². The van der Waals surface area contributed by atoms with Crippen LogP contribution < -0.4 is 0 Å². The van der Waals surface area contributed by atoms with Crippen LogP contribution in [-0.2, 0) is 30.4 Å². The molecule has 0 aromatic carbocycles. The van der Waals surface area contributed by atoms with E-state index in [1.54, 1.807) is 0 Å². The molecule has 0 aliphatic carbocycles. The first-order chi connectivity index (χ1) is 2.27. The molecule has 0 aliphatic rings. The predicted octanol–water partition coefficient (Wildman–Crippen LogP) is 0.486. The van der Waals surface area contributed by atoms with Gasteiger partial charge in [0.15, 0.2) is 0 Å². The van der Waals surface area contributed by atoms with Gasteiger partial charge in [0, 0.05) is 0 Å². The molecule has 0 aliphatic heterocycles. The summed E-state index contributed by atoms with van der Waals surface area (Å²) in [5.41, 5.74) is 0. The van der Waals surface area contributed by atoms with Crippen LogP contribution in [0.1, 0.15) is 0 Å². The van der Waals surface area contributed by atoms with Gasteiger partial charge >= 0.3 is 0 Å². The molecule has 0 heterocycles. The first-order valence-corrected chi connectivity index (χ1v) is 4.41. The average Bonchev–Trinajstić information content (AvgIpc) is 1.38. The van der Waals surface area contributed by atoms with E-state index < -0.39 is 8.01 Å². The molecule has 0 amide bonds. The third-order valence-corrected chi connectivity index (χ3v) is 2.12. The molecule has 30 valence electrons. The minimum atomic E-state index is -0.466. The van der Waals surface area contributed by atoms with Crippen molar-refractivity contribution in [1.29, 1.82) is 0 Å². The van der Waals surface area contributed by atoms with Gasteiger partial charge in [-0.25, -0.2) is 0 Å². The fourth-order valence-electron chi connectivity index (χ4n) is 0. The number of hydrogen-bond acceptors (Lipinski definition) is 4. The quantitative estimate of drug-likeness (QED) is 0.385. The maximum Gasteiger partial charge on any atom is -0.102 e. The first kappa shape index (κ1) is 5.88. The summed E-state index contributed by atoms with van der Waals surface area (Å²) in [4.78, 5) is 0. The highest BCUT2D eigenvalue weighted by Gasteiger charge is 1.29. The minimum absolute atomic E-state index is 0.466. The Balaban J connectivity index is 3.69. The van der Waals surface area contributed by atoms with Crippen LogP contribution in [0.2, 0.25) is 0 Å². The SMILES string of the molecule is S=C[S-](=S)=S. The largest absolute Gasteiger partial charge is 0.316 e. The number of thiocarbonyl (C=S) groups is 1. The maximum absolute atomic E-state index is 4.46. The number of rotatable bonds is 1. The van der Waals surface area contributed by atoms with Crippen molar-refractivity contribution in [1.82, 2.24) is 0 Å². The van der Waals surface area contributed by atoms with Crippen molar-refractivity contribution >= 4 is 47.3 Å². The van der Waals surface area contributed by atoms with E-state index in [9.17, 15) is 0 Å². The molecule has 0 aromatic heterocycles. The molecular weight excluding hydrogens is 140 g/mol. The van der Waals surface area contributed by atoms with Crippen LogP contribution in [0.25, 0.3) is 0 Å². The lowest BCUT2D eigenvalue weighted by molar-refractivity contribution is 4.46. The highest BCUT2D eigenvalue weighted by atomic mass is 33.1. The third kappa shape index (κ3) is 4.88. The van der Waals surface area contributed by atoms with E-state index >= 15 is 0 Å². The van der Waals surface area contributed by atoms with Gasteiger partial charge in [0.1, 0.15) is 0 Å². The summed E-state index contributed by atoms with van der Waals surface area (Å²) in [7, 11) is -0.466. The summed E-state index contributed by atoms with van der Waals surface area (Å²) in [6.45, 7) is 0. The zero-order chi connectivity index (χ0) is 4.28. The van der Waals surface area contributed by atoms with Gasteiger partial charge < -0.3 is 8.01 Å². The molecule has 0 spiro atoms. The lowest BCUT2D eigenvalue weighted by Crippen LogP contribution is -1.57. The van der Waals surface area contributed by atoms with Gasteiger partial charge in [-0.1, -0.05) is 0 Å². The van der Waals surface area contributed by atoms with Crippen molar-refractivity contribution in [2.75, 3.05) is 0 Å². The van der Waals surface area contributed by atoms with Crippen LogP contribution >= 0.6 is 12.2 Å². The van der Waals surface area contributed by atoms with E-state index in [4.69, 9.17) is 0 Å². The van der Waals surface area contributed by atoms with E-state index in [1.165, 1.54) is 4.70 Å². The summed E-state index contributed by atoms with van der Waals surface area (Å²) in [6, 6.07) is 0. The molecule has 0 aromatic rings. The molecule has 0 rings (SSSR count). The van der Waals surface area contributed by atoms with Gasteiger partial charge in [0.25, 0.3) is 0 Å². The Morgan fingerprint density at radius 2 is 1.60 bits per heavy atom. The van der Waals surface area contributed by atoms with Crippen molar-refractivity contribution in [3.05, 3.63) is 0 Å². The molecule has 0 radical (unpaired) electrons. The van der Waals surface area contributed by atoms with Crippen molar-refractivity contribution in [2.45, 2.75) is 0 Å². The lowest BCUT2D eigenvalue weighted by atomic mass is 11.9. The molecular formula is CHS4-. The molecule has 0 atom stereocenters. The Hall–Kier alpha value is 0.880. The molecule has 0 saturated carbocycles. The van der Waals surface area contributed by atoms with Gasteiger partial charge in [-0.3, -0.25) is 22.4 Å². The van der Waals surface area contributed by atoms with Crippen LogP contribution in [0, 0.1) is 0 Å². The second-order valence-corrected chi connectivity index (χ2v) is 4.44. The standard InChI is InChI=1S/CHS4/c2-1-5(3)4/h1H/q-1. The zero-order valence-electron chi connectivity index (χ0n) is 2.21. The topological polar surface area (TPSA) is 0 Å². The second kappa shape index (κ2) is 3.08. The van der Waals surface area contributed by atoms with Crippen LogP contribution in [-0.4, -0.2) is 4.70 Å². The van der Waals surface area contributed by atoms with E-state index in [-0.39, 0.29) is 0 Å². The first-order valence-electron chi connectivity index (χ1n) is 0.805. The van der Waals surface area contributed by atoms with Gasteiger partial charge in [0.2, 0.25) is 0 Å². The average molecular weight is 141 g/mol. The molecule has 0 N–H and O–H groups in total. The Kier molecular flexibility index (Phi) is 3.63. The minimum Gasteiger partial charge on any atom is -0.316 e. The smallest absolute Gasteiger partial charge is 0.102 e. The molecule has 0 fully saturated rings. The summed E-state index contributed by atoms with van der Waals surface area (Å²) in [6.07, 6.45) is 0. The Morgan fingerprint density at radius 3 is 1.60 bits per heavy atom. The van der Waals surface area contributed by atoms with Crippen LogP contribution in [0.3, 0.4) is 0 Å². The summed E-state index contributed by atoms with van der Waals surface area (Å²) in [5.74, 6) is 0.